The number of carbonyl (C=O) groups excluding carboxylic acids is 1. The maximum atomic E-state index is 13.0. The predicted molar refractivity (Wildman–Crippen MR) is 112 cm³/mol. The van der Waals surface area contributed by atoms with Crippen molar-refractivity contribution >= 4 is 17.5 Å². The minimum atomic E-state index is -0.784. The normalized spacial score (nSPS) is 13.6. The van der Waals surface area contributed by atoms with Crippen LogP contribution in [-0.2, 0) is 4.74 Å². The standard InChI is InChI=1S/C20H20N6O5/c1-30-15-5-3-2-4-14(15)26-19(28)13(11-21-20(26)29)18(27)24-16-10-17(23-12-22-16)25-6-8-31-9-7-25/h2-5,10-12H,6-9H2,1H3,(H,21,29)(H,22,23,24,27). The molecule has 160 valence electrons. The maximum absolute atomic E-state index is 13.0. The molecule has 0 spiro atoms. The SMILES string of the molecule is COc1ccccc1-n1c(=O)[nH]cc(C(=O)Nc2cc(N3CCOCC3)ncn2)c1=O. The van der Waals surface area contributed by atoms with Gasteiger partial charge in [-0.25, -0.2) is 19.3 Å². The van der Waals surface area contributed by atoms with E-state index in [1.54, 1.807) is 30.3 Å². The van der Waals surface area contributed by atoms with E-state index in [4.69, 9.17) is 9.47 Å². The molecule has 0 atom stereocenters. The van der Waals surface area contributed by atoms with Gasteiger partial charge in [-0.1, -0.05) is 12.1 Å². The number of hydrogen-bond acceptors (Lipinski definition) is 8. The summed E-state index contributed by atoms with van der Waals surface area (Å²) in [4.78, 5) is 50.8. The molecule has 3 heterocycles. The van der Waals surface area contributed by atoms with Gasteiger partial charge in [0.1, 0.15) is 29.3 Å². The zero-order valence-electron chi connectivity index (χ0n) is 16.7. The molecule has 1 aliphatic rings. The molecule has 1 aromatic carbocycles. The van der Waals surface area contributed by atoms with Crippen molar-refractivity contribution in [2.45, 2.75) is 0 Å². The molecule has 0 bridgehead atoms. The average Bonchev–Trinajstić information content (AvgIpc) is 2.80. The van der Waals surface area contributed by atoms with Crippen molar-refractivity contribution in [3.8, 4) is 11.4 Å². The summed E-state index contributed by atoms with van der Waals surface area (Å²) in [6.45, 7) is 2.53. The van der Waals surface area contributed by atoms with E-state index in [0.29, 0.717) is 37.9 Å². The van der Waals surface area contributed by atoms with E-state index in [1.165, 1.54) is 13.4 Å². The van der Waals surface area contributed by atoms with Gasteiger partial charge in [0, 0.05) is 25.4 Å². The second kappa shape index (κ2) is 8.79. The molecular weight excluding hydrogens is 404 g/mol. The first-order chi connectivity index (χ1) is 15.1. The number of benzene rings is 1. The quantitative estimate of drug-likeness (QED) is 0.602. The minimum Gasteiger partial charge on any atom is -0.495 e. The maximum Gasteiger partial charge on any atom is 0.333 e. The van der Waals surface area contributed by atoms with Gasteiger partial charge in [-0.2, -0.15) is 0 Å². The Hall–Kier alpha value is -3.99. The Kier molecular flexibility index (Phi) is 5.76. The van der Waals surface area contributed by atoms with E-state index < -0.39 is 17.2 Å². The number of carbonyl (C=O) groups is 1. The first kappa shape index (κ1) is 20.3. The first-order valence-electron chi connectivity index (χ1n) is 9.52. The lowest BCUT2D eigenvalue weighted by Crippen LogP contribution is -2.38. The van der Waals surface area contributed by atoms with Crippen LogP contribution in [0.15, 0.2) is 52.4 Å². The first-order valence-corrected chi connectivity index (χ1v) is 9.52. The van der Waals surface area contributed by atoms with Gasteiger partial charge in [0.25, 0.3) is 11.5 Å². The molecule has 11 nitrogen and oxygen atoms in total. The fourth-order valence-electron chi connectivity index (χ4n) is 3.23. The Morgan fingerprint density at radius 2 is 1.97 bits per heavy atom. The van der Waals surface area contributed by atoms with E-state index in [0.717, 1.165) is 10.8 Å². The molecular formula is C20H20N6O5. The molecule has 3 aromatic rings. The fraction of sp³-hybridized carbons (Fsp3) is 0.250. The van der Waals surface area contributed by atoms with Crippen molar-refractivity contribution in [2.24, 2.45) is 0 Å². The highest BCUT2D eigenvalue weighted by Crippen LogP contribution is 2.19. The molecule has 31 heavy (non-hydrogen) atoms. The van der Waals surface area contributed by atoms with Gasteiger partial charge in [-0.3, -0.25) is 9.59 Å². The highest BCUT2D eigenvalue weighted by molar-refractivity contribution is 6.03. The summed E-state index contributed by atoms with van der Waals surface area (Å²) in [5.74, 6) is 0.479. The number of para-hydroxylation sites is 2. The lowest BCUT2D eigenvalue weighted by molar-refractivity contribution is 0.102. The van der Waals surface area contributed by atoms with Crippen LogP contribution in [0.3, 0.4) is 0 Å². The Morgan fingerprint density at radius 1 is 1.19 bits per heavy atom. The molecule has 1 amide bonds. The molecule has 0 radical (unpaired) electrons. The number of nitrogens with one attached hydrogen (secondary N) is 2. The third-order valence-corrected chi connectivity index (χ3v) is 4.78. The second-order valence-corrected chi connectivity index (χ2v) is 6.63. The number of hydrogen-bond donors (Lipinski definition) is 2. The summed E-state index contributed by atoms with van der Waals surface area (Å²) in [6, 6.07) is 8.15. The van der Waals surface area contributed by atoms with Crippen LogP contribution in [-0.4, -0.2) is 58.8 Å². The van der Waals surface area contributed by atoms with Crippen LogP contribution >= 0.6 is 0 Å². The molecule has 11 heteroatoms. The molecule has 2 aromatic heterocycles. The minimum absolute atomic E-state index is 0.225. The summed E-state index contributed by atoms with van der Waals surface area (Å²) in [7, 11) is 1.43. The van der Waals surface area contributed by atoms with Crippen LogP contribution in [0, 0.1) is 0 Å². The monoisotopic (exact) mass is 424 g/mol. The summed E-state index contributed by atoms with van der Waals surface area (Å²) < 4.78 is 11.4. The average molecular weight is 424 g/mol. The number of nitrogens with zero attached hydrogens (tertiary/aromatic N) is 4. The van der Waals surface area contributed by atoms with E-state index in [9.17, 15) is 14.4 Å². The number of amides is 1. The smallest absolute Gasteiger partial charge is 0.333 e. The zero-order valence-corrected chi connectivity index (χ0v) is 16.7. The number of H-pyrrole nitrogens is 1. The highest BCUT2D eigenvalue weighted by Gasteiger charge is 2.19. The molecule has 0 unspecified atom stereocenters. The van der Waals surface area contributed by atoms with Crippen molar-refractivity contribution in [1.82, 2.24) is 19.5 Å². The van der Waals surface area contributed by atoms with E-state index in [-0.39, 0.29) is 17.1 Å². The van der Waals surface area contributed by atoms with E-state index in [1.807, 2.05) is 4.90 Å². The van der Waals surface area contributed by atoms with Gasteiger partial charge in [0.05, 0.1) is 26.0 Å². The number of ether oxygens (including phenoxy) is 2. The number of aromatic amines is 1. The van der Waals surface area contributed by atoms with Crippen molar-refractivity contribution in [3.63, 3.8) is 0 Å². The molecule has 2 N–H and O–H groups in total. The number of rotatable bonds is 5. The van der Waals surface area contributed by atoms with Gasteiger partial charge in [0.15, 0.2) is 0 Å². The summed E-state index contributed by atoms with van der Waals surface area (Å²) in [5, 5.41) is 2.59. The Morgan fingerprint density at radius 3 is 2.74 bits per heavy atom. The van der Waals surface area contributed by atoms with Gasteiger partial charge < -0.3 is 24.7 Å². The molecule has 1 aliphatic heterocycles. The van der Waals surface area contributed by atoms with Crippen molar-refractivity contribution < 1.29 is 14.3 Å². The van der Waals surface area contributed by atoms with Crippen molar-refractivity contribution in [2.75, 3.05) is 43.6 Å². The van der Waals surface area contributed by atoms with Gasteiger partial charge in [0.2, 0.25) is 0 Å². The van der Waals surface area contributed by atoms with Crippen LogP contribution in [0.4, 0.5) is 11.6 Å². The van der Waals surface area contributed by atoms with Gasteiger partial charge in [-0.15, -0.1) is 0 Å². The van der Waals surface area contributed by atoms with Gasteiger partial charge >= 0.3 is 5.69 Å². The Balaban J connectivity index is 1.64. The number of aromatic nitrogens is 4. The summed E-state index contributed by atoms with van der Waals surface area (Å²) in [6.07, 6.45) is 2.41. The van der Waals surface area contributed by atoms with Crippen LogP contribution in [0.5, 0.6) is 5.75 Å². The lowest BCUT2D eigenvalue weighted by Gasteiger charge is -2.27. The fourth-order valence-corrected chi connectivity index (χ4v) is 3.23. The molecule has 4 rings (SSSR count). The predicted octanol–water partition coefficient (Wildman–Crippen LogP) is 0.413. The Bertz CT molecular complexity index is 1210. The Labute approximate surface area is 176 Å². The van der Waals surface area contributed by atoms with Gasteiger partial charge in [-0.05, 0) is 12.1 Å². The van der Waals surface area contributed by atoms with Crippen molar-refractivity contribution in [1.29, 1.82) is 0 Å². The second-order valence-electron chi connectivity index (χ2n) is 6.63. The van der Waals surface area contributed by atoms with Crippen LogP contribution in [0.2, 0.25) is 0 Å². The largest absolute Gasteiger partial charge is 0.495 e. The summed E-state index contributed by atoms with van der Waals surface area (Å²) in [5.41, 5.74) is -1.50. The number of methoxy groups -OCH3 is 1. The molecule has 0 aliphatic carbocycles. The van der Waals surface area contributed by atoms with Crippen LogP contribution in [0.1, 0.15) is 10.4 Å². The topological polar surface area (TPSA) is 131 Å². The lowest BCUT2D eigenvalue weighted by atomic mass is 10.2. The van der Waals surface area contributed by atoms with Crippen molar-refractivity contribution in [3.05, 3.63) is 69.3 Å². The third kappa shape index (κ3) is 4.16. The molecule has 1 saturated heterocycles. The van der Waals surface area contributed by atoms with E-state index >= 15 is 0 Å². The number of morpholine rings is 1. The third-order valence-electron chi connectivity index (χ3n) is 4.78. The zero-order chi connectivity index (χ0) is 21.8. The summed E-state index contributed by atoms with van der Waals surface area (Å²) >= 11 is 0. The molecule has 0 saturated carbocycles. The number of anilines is 2. The van der Waals surface area contributed by atoms with Crippen LogP contribution < -0.4 is 26.2 Å². The molecule has 1 fully saturated rings. The van der Waals surface area contributed by atoms with E-state index in [2.05, 4.69) is 20.3 Å². The highest BCUT2D eigenvalue weighted by atomic mass is 16.5. The van der Waals surface area contributed by atoms with Crippen LogP contribution in [0.25, 0.3) is 5.69 Å².